The fourth-order valence-corrected chi connectivity index (χ4v) is 6.11. The zero-order valence-electron chi connectivity index (χ0n) is 32.9. The number of unbranched alkanes of at least 4 members (excludes halogenated alkanes) is 27. The van der Waals surface area contributed by atoms with Crippen LogP contribution in [0.5, 0.6) is 0 Å². The Hall–Kier alpha value is -0.866. The molecule has 0 bridgehead atoms. The van der Waals surface area contributed by atoms with Gasteiger partial charge in [-0.05, 0) is 77.0 Å². The molecule has 0 amide bonds. The maximum Gasteiger partial charge on any atom is 0.305 e. The van der Waals surface area contributed by atoms with Crippen LogP contribution < -0.4 is 0 Å². The zero-order chi connectivity index (χ0) is 34.9. The van der Waals surface area contributed by atoms with Crippen molar-refractivity contribution in [3.8, 4) is 0 Å². The summed E-state index contributed by atoms with van der Waals surface area (Å²) in [5.74, 6) is -0.0626. The van der Waals surface area contributed by atoms with Crippen molar-refractivity contribution >= 4 is 11.9 Å². The number of allylic oxidation sites excluding steroid dienone is 4. The van der Waals surface area contributed by atoms with E-state index >= 15 is 0 Å². The van der Waals surface area contributed by atoms with Gasteiger partial charge < -0.3 is 9.47 Å². The molecule has 0 N–H and O–H groups in total. The summed E-state index contributed by atoms with van der Waals surface area (Å²) in [5, 5.41) is 0. The fraction of sp³-hybridized carbons (Fsp3) is 0.864. The second-order valence-corrected chi connectivity index (χ2v) is 14.2. The van der Waals surface area contributed by atoms with Gasteiger partial charge in [-0.3, -0.25) is 9.59 Å². The third-order valence-electron chi connectivity index (χ3n) is 9.35. The zero-order valence-corrected chi connectivity index (χ0v) is 34.5. The molecule has 0 aliphatic carbocycles. The largest absolute Gasteiger partial charge is 0.466 e. The van der Waals surface area contributed by atoms with E-state index in [-0.39, 0.29) is 33.7 Å². The van der Waals surface area contributed by atoms with Crippen molar-refractivity contribution in [2.45, 2.75) is 232 Å². The first-order valence-corrected chi connectivity index (χ1v) is 21.3. The van der Waals surface area contributed by atoms with E-state index in [9.17, 15) is 9.59 Å². The minimum absolute atomic E-state index is 0. The van der Waals surface area contributed by atoms with Crippen LogP contribution in [0.2, 0.25) is 0 Å². The van der Waals surface area contributed by atoms with Crippen molar-refractivity contribution in [2.24, 2.45) is 0 Å². The van der Waals surface area contributed by atoms with Gasteiger partial charge in [0, 0.05) is 34.6 Å². The van der Waals surface area contributed by atoms with Gasteiger partial charge in [0.2, 0.25) is 0 Å². The summed E-state index contributed by atoms with van der Waals surface area (Å²) in [6.45, 7) is 5.65. The predicted octanol–water partition coefficient (Wildman–Crippen LogP) is 14.5. The summed E-state index contributed by atoms with van der Waals surface area (Å²) in [4.78, 5) is 23.9. The Morgan fingerprint density at radius 2 is 0.592 bits per heavy atom. The maximum atomic E-state index is 12.0. The molecular weight excluding hydrogens is 640 g/mol. The summed E-state index contributed by atoms with van der Waals surface area (Å²) in [6, 6.07) is 0. The van der Waals surface area contributed by atoms with Crippen LogP contribution in [0.1, 0.15) is 232 Å². The third-order valence-corrected chi connectivity index (χ3v) is 9.35. The van der Waals surface area contributed by atoms with Gasteiger partial charge in [-0.2, -0.15) is 0 Å². The van der Waals surface area contributed by atoms with Crippen LogP contribution in [-0.2, 0) is 40.8 Å². The summed E-state index contributed by atoms with van der Waals surface area (Å²) in [5.41, 5.74) is 0. The van der Waals surface area contributed by atoms with E-state index < -0.39 is 0 Å². The van der Waals surface area contributed by atoms with E-state index in [0.717, 1.165) is 64.2 Å². The van der Waals surface area contributed by atoms with Crippen LogP contribution in [0.3, 0.4) is 0 Å². The van der Waals surface area contributed by atoms with Crippen molar-refractivity contribution in [2.75, 3.05) is 13.2 Å². The quantitative estimate of drug-likeness (QED) is 0.0274. The molecule has 49 heavy (non-hydrogen) atoms. The average molecular weight is 723 g/mol. The maximum absolute atomic E-state index is 12.0. The molecule has 0 radical (unpaired) electrons. The molecule has 5 heteroatoms. The Morgan fingerprint density at radius 1 is 0.347 bits per heavy atom. The molecule has 0 aromatic carbocycles. The molecule has 286 valence electrons. The number of ether oxygens (including phenoxy) is 2. The number of hydrogen-bond acceptors (Lipinski definition) is 4. The molecule has 0 aliphatic heterocycles. The van der Waals surface area contributed by atoms with E-state index in [1.807, 2.05) is 0 Å². The number of carbonyl (C=O) groups is 2. The Labute approximate surface area is 321 Å². The second-order valence-electron chi connectivity index (χ2n) is 14.2. The van der Waals surface area contributed by atoms with Gasteiger partial charge in [0.25, 0.3) is 0 Å². The second kappa shape index (κ2) is 45.2. The third kappa shape index (κ3) is 45.1. The van der Waals surface area contributed by atoms with E-state index in [0.29, 0.717) is 26.1 Å². The molecule has 0 aromatic rings. The fourth-order valence-electron chi connectivity index (χ4n) is 6.11. The molecule has 0 unspecified atom stereocenters. The summed E-state index contributed by atoms with van der Waals surface area (Å²) in [6.07, 6.45) is 50.0. The molecule has 0 aromatic heterocycles. The van der Waals surface area contributed by atoms with Crippen LogP contribution in [0.25, 0.3) is 0 Å². The van der Waals surface area contributed by atoms with Gasteiger partial charge in [-0.25, -0.2) is 0 Å². The minimum atomic E-state index is -0.0313. The molecule has 0 saturated carbocycles. The van der Waals surface area contributed by atoms with Crippen LogP contribution in [0.15, 0.2) is 24.3 Å². The molecule has 0 heterocycles. The number of carbonyl (C=O) groups excluding carboxylic acids is 2. The summed E-state index contributed by atoms with van der Waals surface area (Å²) in [7, 11) is 0. The van der Waals surface area contributed by atoms with Crippen LogP contribution >= 0.6 is 0 Å². The smallest absolute Gasteiger partial charge is 0.305 e. The Kier molecular flexibility index (Phi) is 46.3. The monoisotopic (exact) mass is 723 g/mol. The number of rotatable bonds is 39. The van der Waals surface area contributed by atoms with Crippen molar-refractivity contribution in [1.82, 2.24) is 0 Å². The first-order valence-electron chi connectivity index (χ1n) is 21.3. The molecule has 0 rings (SSSR count). The van der Waals surface area contributed by atoms with Crippen molar-refractivity contribution < 1.29 is 40.8 Å². The molecule has 0 fully saturated rings. The molecule has 4 nitrogen and oxygen atoms in total. The normalized spacial score (nSPS) is 11.4. The Balaban J connectivity index is 0. The first-order chi connectivity index (χ1) is 23.7. The van der Waals surface area contributed by atoms with Gasteiger partial charge in [0.05, 0.1) is 13.2 Å². The Bertz CT molecular complexity index is 660. The molecule has 0 saturated heterocycles. The SMILES string of the molecule is CCCCCCCC/C=C\CCCCCCCC(=O)OCCCCCCCCOC(=O)CCCCCCC/C=C\CCCCCCCC.[Ti]. The van der Waals surface area contributed by atoms with Gasteiger partial charge in [0.15, 0.2) is 0 Å². The number of esters is 2. The molecule has 0 atom stereocenters. The molecular formula is C44H82O4Ti. The van der Waals surface area contributed by atoms with Gasteiger partial charge in [0.1, 0.15) is 0 Å². The van der Waals surface area contributed by atoms with E-state index in [2.05, 4.69) is 38.2 Å². The molecule has 0 aliphatic rings. The predicted molar refractivity (Wildman–Crippen MR) is 209 cm³/mol. The topological polar surface area (TPSA) is 52.6 Å². The first kappa shape index (κ1) is 50.2. The van der Waals surface area contributed by atoms with Gasteiger partial charge in [-0.15, -0.1) is 0 Å². The average Bonchev–Trinajstić information content (AvgIpc) is 3.09. The standard InChI is InChI=1S/C44H82O4.Ti/c1-3-5-7-9-11-13-15-17-19-21-23-25-27-31-35-39-43(45)47-41-37-33-29-30-34-38-42-48-44(46)40-36-32-28-26-24-22-20-18-16-14-12-10-8-6-4-2;/h17-20H,3-16,21-42H2,1-2H3;/b19-17-,20-18-;. The van der Waals surface area contributed by atoms with E-state index in [1.165, 1.54) is 141 Å². The van der Waals surface area contributed by atoms with Crippen molar-refractivity contribution in [3.05, 3.63) is 24.3 Å². The number of hydrogen-bond donors (Lipinski definition) is 0. The van der Waals surface area contributed by atoms with Crippen molar-refractivity contribution in [3.63, 3.8) is 0 Å². The van der Waals surface area contributed by atoms with Gasteiger partial charge in [-0.1, -0.05) is 167 Å². The van der Waals surface area contributed by atoms with E-state index in [1.54, 1.807) is 0 Å². The minimum Gasteiger partial charge on any atom is -0.466 e. The van der Waals surface area contributed by atoms with E-state index in [4.69, 9.17) is 9.47 Å². The Morgan fingerprint density at radius 3 is 0.898 bits per heavy atom. The van der Waals surface area contributed by atoms with Gasteiger partial charge >= 0.3 is 11.9 Å². The van der Waals surface area contributed by atoms with Crippen molar-refractivity contribution in [1.29, 1.82) is 0 Å². The molecule has 0 spiro atoms. The van der Waals surface area contributed by atoms with Crippen LogP contribution in [0, 0.1) is 0 Å². The summed E-state index contributed by atoms with van der Waals surface area (Å²) >= 11 is 0. The van der Waals surface area contributed by atoms with Crippen LogP contribution in [0.4, 0.5) is 0 Å². The van der Waals surface area contributed by atoms with Crippen LogP contribution in [-0.4, -0.2) is 25.2 Å². The summed E-state index contributed by atoms with van der Waals surface area (Å²) < 4.78 is 10.8.